The molecule has 0 aliphatic carbocycles. The van der Waals surface area contributed by atoms with E-state index in [4.69, 9.17) is 10.5 Å². The van der Waals surface area contributed by atoms with Crippen LogP contribution < -0.4 is 16.4 Å². The number of hydrogen-bond donors (Lipinski definition) is 3. The van der Waals surface area contributed by atoms with Crippen molar-refractivity contribution >= 4 is 23.8 Å². The zero-order valence-corrected chi connectivity index (χ0v) is 28.7. The largest absolute Gasteiger partial charge is 0.444 e. The van der Waals surface area contributed by atoms with Crippen LogP contribution in [0.15, 0.2) is 97.2 Å². The van der Waals surface area contributed by atoms with Gasteiger partial charge < -0.3 is 26.0 Å². The quantitative estimate of drug-likeness (QED) is 0.182. The molecule has 12 nitrogen and oxygen atoms in total. The molecule has 0 bridgehead atoms. The second-order valence-corrected chi connectivity index (χ2v) is 13.5. The Balaban J connectivity index is 1.51. The van der Waals surface area contributed by atoms with E-state index >= 15 is 0 Å². The minimum absolute atomic E-state index is 0.205. The van der Waals surface area contributed by atoms with Crippen molar-refractivity contribution < 1.29 is 23.9 Å². The summed E-state index contributed by atoms with van der Waals surface area (Å²) < 4.78 is 6.84. The van der Waals surface area contributed by atoms with Gasteiger partial charge in [-0.15, -0.1) is 5.10 Å². The first-order chi connectivity index (χ1) is 24.0. The van der Waals surface area contributed by atoms with Gasteiger partial charge in [-0.25, -0.2) is 9.48 Å². The third kappa shape index (κ3) is 8.73. The highest BCUT2D eigenvalue weighted by Gasteiger charge is 2.39. The Morgan fingerprint density at radius 2 is 1.32 bits per heavy atom. The van der Waals surface area contributed by atoms with E-state index in [1.165, 1.54) is 10.9 Å². The normalized spacial score (nSPS) is 14.7. The van der Waals surface area contributed by atoms with E-state index in [0.29, 0.717) is 13.1 Å². The summed E-state index contributed by atoms with van der Waals surface area (Å²) in [5.41, 5.74) is 6.35. The lowest BCUT2D eigenvalue weighted by Crippen LogP contribution is -2.49. The van der Waals surface area contributed by atoms with Crippen LogP contribution in [0.1, 0.15) is 87.3 Å². The van der Waals surface area contributed by atoms with Crippen LogP contribution in [0, 0.1) is 0 Å². The first-order valence-corrected chi connectivity index (χ1v) is 16.9. The minimum atomic E-state index is -1.09. The first kappa shape index (κ1) is 35.8. The van der Waals surface area contributed by atoms with Crippen molar-refractivity contribution in [3.05, 3.63) is 120 Å². The van der Waals surface area contributed by atoms with Crippen LogP contribution in [0.5, 0.6) is 0 Å². The second kappa shape index (κ2) is 15.8. The number of rotatable bonds is 12. The monoisotopic (exact) mass is 679 g/mol. The van der Waals surface area contributed by atoms with Crippen LogP contribution in [0.4, 0.5) is 4.79 Å². The van der Waals surface area contributed by atoms with Gasteiger partial charge in [-0.05, 0) is 56.7 Å². The number of hydrogen-bond acceptors (Lipinski definition) is 7. The Hall–Kier alpha value is -5.52. The molecule has 4 amide bonds. The standard InChI is InChI=1S/C38H45N7O5/c1-37(2,3)50-36(49)40-30(31-26-45(43-42-31)32(25-33(39)46)35(48)44-22-14-7-15-23-44)24-34(47)41-38(27-16-8-4-9-17-27,28-18-10-5-11-19-28)29-20-12-6-13-21-29/h4-6,8-13,16-21,26,30,32H,7,14-15,22-25H2,1-3H3,(H2,39,46)(H,40,49)(H,41,47)/t30-,32-/m0/s1. The topological polar surface area (TPSA) is 162 Å². The molecule has 4 aromatic rings. The maximum atomic E-state index is 14.3. The molecule has 3 aromatic carbocycles. The summed E-state index contributed by atoms with van der Waals surface area (Å²) in [5.74, 6) is -1.36. The maximum absolute atomic E-state index is 14.3. The lowest BCUT2D eigenvalue weighted by molar-refractivity contribution is -0.138. The zero-order chi connectivity index (χ0) is 35.7. The van der Waals surface area contributed by atoms with E-state index in [1.54, 1.807) is 25.7 Å². The molecule has 1 aliphatic heterocycles. The van der Waals surface area contributed by atoms with Crippen LogP contribution in [-0.2, 0) is 24.7 Å². The number of benzene rings is 3. The van der Waals surface area contributed by atoms with Crippen molar-refractivity contribution in [2.24, 2.45) is 5.73 Å². The third-order valence-electron chi connectivity index (χ3n) is 8.58. The van der Waals surface area contributed by atoms with E-state index in [1.807, 2.05) is 91.0 Å². The summed E-state index contributed by atoms with van der Waals surface area (Å²) in [4.78, 5) is 54.8. The molecule has 0 spiro atoms. The van der Waals surface area contributed by atoms with Crippen molar-refractivity contribution in [1.29, 1.82) is 0 Å². The van der Waals surface area contributed by atoms with E-state index in [-0.39, 0.29) is 24.4 Å². The fourth-order valence-corrected chi connectivity index (χ4v) is 6.32. The number of carbonyl (C=O) groups is 4. The average molecular weight is 680 g/mol. The molecule has 12 heteroatoms. The van der Waals surface area contributed by atoms with Gasteiger partial charge >= 0.3 is 6.09 Å². The van der Waals surface area contributed by atoms with Crippen LogP contribution in [0.3, 0.4) is 0 Å². The number of alkyl carbamates (subject to hydrolysis) is 1. The molecule has 1 aromatic heterocycles. The highest BCUT2D eigenvalue weighted by atomic mass is 16.6. The third-order valence-corrected chi connectivity index (χ3v) is 8.58. The predicted octanol–water partition coefficient (Wildman–Crippen LogP) is 4.77. The molecule has 1 saturated heterocycles. The summed E-state index contributed by atoms with van der Waals surface area (Å²) in [6, 6.07) is 27.0. The second-order valence-electron chi connectivity index (χ2n) is 13.5. The van der Waals surface area contributed by atoms with Crippen LogP contribution >= 0.6 is 0 Å². The van der Waals surface area contributed by atoms with Crippen LogP contribution in [0.2, 0.25) is 0 Å². The highest BCUT2D eigenvalue weighted by Crippen LogP contribution is 2.37. The summed E-state index contributed by atoms with van der Waals surface area (Å²) in [6.07, 6.45) is 2.93. The van der Waals surface area contributed by atoms with Crippen molar-refractivity contribution in [2.75, 3.05) is 13.1 Å². The van der Waals surface area contributed by atoms with Gasteiger partial charge in [-0.2, -0.15) is 0 Å². The number of likely N-dealkylation sites (tertiary alicyclic amines) is 1. The van der Waals surface area contributed by atoms with Crippen LogP contribution in [0.25, 0.3) is 0 Å². The van der Waals surface area contributed by atoms with Gasteiger partial charge in [0, 0.05) is 13.1 Å². The molecule has 0 radical (unpaired) electrons. The Morgan fingerprint density at radius 3 is 1.80 bits per heavy atom. The Morgan fingerprint density at radius 1 is 0.800 bits per heavy atom. The van der Waals surface area contributed by atoms with Gasteiger partial charge in [0.2, 0.25) is 17.7 Å². The number of carbonyl (C=O) groups excluding carboxylic acids is 4. The molecule has 1 fully saturated rings. The number of ether oxygens (including phenoxy) is 1. The van der Waals surface area contributed by atoms with Crippen molar-refractivity contribution in [3.63, 3.8) is 0 Å². The smallest absolute Gasteiger partial charge is 0.408 e. The van der Waals surface area contributed by atoms with Gasteiger partial charge in [0.25, 0.3) is 0 Å². The SMILES string of the molecule is CC(C)(C)OC(=O)N[C@@H](CC(=O)NC(c1ccccc1)(c1ccccc1)c1ccccc1)c1cn([C@@H](CC(N)=O)C(=O)N2CCCCC2)nn1. The van der Waals surface area contributed by atoms with Gasteiger partial charge in [0.15, 0.2) is 0 Å². The van der Waals surface area contributed by atoms with E-state index in [0.717, 1.165) is 36.0 Å². The summed E-state index contributed by atoms with van der Waals surface area (Å²) in [5, 5.41) is 14.6. The fourth-order valence-electron chi connectivity index (χ4n) is 6.32. The van der Waals surface area contributed by atoms with Crippen LogP contribution in [-0.4, -0.2) is 62.4 Å². The predicted molar refractivity (Wildman–Crippen MR) is 187 cm³/mol. The number of nitrogens with two attached hydrogens (primary N) is 1. The Bertz CT molecular complexity index is 1650. The highest BCUT2D eigenvalue weighted by molar-refractivity contribution is 5.86. The molecule has 5 rings (SSSR count). The fraction of sp³-hybridized carbons (Fsp3) is 0.368. The van der Waals surface area contributed by atoms with Crippen molar-refractivity contribution in [2.45, 2.75) is 76.1 Å². The van der Waals surface area contributed by atoms with E-state index in [9.17, 15) is 19.2 Å². The molecule has 50 heavy (non-hydrogen) atoms. The molecule has 2 heterocycles. The number of piperidine rings is 1. The molecule has 1 aliphatic rings. The number of nitrogens with zero attached hydrogens (tertiary/aromatic N) is 4. The van der Waals surface area contributed by atoms with Gasteiger partial charge in [-0.3, -0.25) is 14.4 Å². The molecule has 4 N–H and O–H groups in total. The zero-order valence-electron chi connectivity index (χ0n) is 28.7. The number of aromatic nitrogens is 3. The van der Waals surface area contributed by atoms with Gasteiger partial charge in [0.1, 0.15) is 22.9 Å². The van der Waals surface area contributed by atoms with Gasteiger partial charge in [-0.1, -0.05) is 96.2 Å². The molecule has 262 valence electrons. The summed E-state index contributed by atoms with van der Waals surface area (Å²) in [7, 11) is 0. The molecule has 0 unspecified atom stereocenters. The lowest BCUT2D eigenvalue weighted by Gasteiger charge is -2.37. The number of amides is 4. The molecular formula is C38H45N7O5. The summed E-state index contributed by atoms with van der Waals surface area (Å²) >= 11 is 0. The van der Waals surface area contributed by atoms with Crippen molar-refractivity contribution in [1.82, 2.24) is 30.5 Å². The van der Waals surface area contributed by atoms with E-state index < -0.39 is 41.1 Å². The molecule has 0 saturated carbocycles. The Labute approximate surface area is 292 Å². The molecular weight excluding hydrogens is 634 g/mol. The summed E-state index contributed by atoms with van der Waals surface area (Å²) in [6.45, 7) is 6.35. The number of primary amides is 1. The minimum Gasteiger partial charge on any atom is -0.444 e. The maximum Gasteiger partial charge on any atom is 0.408 e. The van der Waals surface area contributed by atoms with E-state index in [2.05, 4.69) is 20.9 Å². The average Bonchev–Trinajstić information content (AvgIpc) is 3.60. The first-order valence-electron chi connectivity index (χ1n) is 16.9. The lowest BCUT2D eigenvalue weighted by atomic mass is 9.77. The molecule has 2 atom stereocenters. The van der Waals surface area contributed by atoms with Crippen molar-refractivity contribution in [3.8, 4) is 0 Å². The number of nitrogens with one attached hydrogen (secondary N) is 2. The Kier molecular flexibility index (Phi) is 11.3. The van der Waals surface area contributed by atoms with Gasteiger partial charge in [0.05, 0.1) is 25.1 Å².